The molecule has 0 aliphatic rings. The van der Waals surface area contributed by atoms with E-state index in [1.54, 1.807) is 0 Å². The summed E-state index contributed by atoms with van der Waals surface area (Å²) in [6, 6.07) is 3.77. The molecule has 2 aromatic rings. The number of ether oxygens (including phenoxy) is 1. The van der Waals surface area contributed by atoms with Crippen molar-refractivity contribution >= 4 is 23.1 Å². The Bertz CT molecular complexity index is 862. The minimum absolute atomic E-state index is 0.0220. The smallest absolute Gasteiger partial charge is 0.311 e. The number of carbonyl (C=O) groups is 1. The highest BCUT2D eigenvalue weighted by atomic mass is 16.6. The van der Waals surface area contributed by atoms with E-state index in [2.05, 4.69) is 15.3 Å². The van der Waals surface area contributed by atoms with Crippen LogP contribution in [0.1, 0.15) is 24.2 Å². The van der Waals surface area contributed by atoms with Crippen molar-refractivity contribution in [3.63, 3.8) is 0 Å². The Labute approximate surface area is 142 Å². The molecule has 4 N–H and O–H groups in total. The lowest BCUT2D eigenvalue weighted by Gasteiger charge is -2.10. The maximum absolute atomic E-state index is 12.3. The van der Waals surface area contributed by atoms with Gasteiger partial charge in [-0.05, 0) is 18.1 Å². The first-order chi connectivity index (χ1) is 11.8. The van der Waals surface area contributed by atoms with Crippen LogP contribution < -0.4 is 21.3 Å². The number of nitrogens with two attached hydrogens (primary N) is 1. The SMILES string of the molecule is CC(C)COc1ccc(C(=O)Nc2c(N)nc[nH]c2=O)cc1[N+](=O)[O-]. The highest BCUT2D eigenvalue weighted by Gasteiger charge is 2.20. The molecular weight excluding hydrogens is 330 g/mol. The monoisotopic (exact) mass is 347 g/mol. The van der Waals surface area contributed by atoms with Crippen molar-refractivity contribution in [2.45, 2.75) is 13.8 Å². The van der Waals surface area contributed by atoms with Crippen molar-refractivity contribution in [1.29, 1.82) is 0 Å². The molecule has 1 aromatic heterocycles. The number of nitrogens with zero attached hydrogens (tertiary/aromatic N) is 2. The zero-order chi connectivity index (χ0) is 18.6. The average molecular weight is 347 g/mol. The Balaban J connectivity index is 2.30. The van der Waals surface area contributed by atoms with E-state index >= 15 is 0 Å². The van der Waals surface area contributed by atoms with Gasteiger partial charge in [-0.1, -0.05) is 13.8 Å². The molecule has 0 saturated carbocycles. The third-order valence-corrected chi connectivity index (χ3v) is 3.11. The number of carbonyl (C=O) groups excluding carboxylic acids is 1. The number of nitro benzene ring substituents is 1. The lowest BCUT2D eigenvalue weighted by atomic mass is 10.1. The molecule has 10 heteroatoms. The van der Waals surface area contributed by atoms with Crippen LogP contribution in [0.2, 0.25) is 0 Å². The number of aromatic amines is 1. The van der Waals surface area contributed by atoms with Gasteiger partial charge in [-0.25, -0.2) is 4.98 Å². The number of aromatic nitrogens is 2. The first kappa shape index (κ1) is 17.9. The highest BCUT2D eigenvalue weighted by molar-refractivity contribution is 6.05. The molecule has 0 aliphatic heterocycles. The maximum Gasteiger partial charge on any atom is 0.311 e. The van der Waals surface area contributed by atoms with E-state index in [9.17, 15) is 19.7 Å². The standard InChI is InChI=1S/C15H17N5O5/c1-8(2)6-25-11-4-3-9(5-10(11)20(23)24)14(21)19-12-13(16)17-7-18-15(12)22/h3-5,7-8H,6H2,1-2H3,(H,19,21)(H3,16,17,18,22). The molecule has 0 radical (unpaired) electrons. The quantitative estimate of drug-likeness (QED) is 0.529. The first-order valence-electron chi connectivity index (χ1n) is 7.35. The summed E-state index contributed by atoms with van der Waals surface area (Å²) in [4.78, 5) is 40.4. The normalized spacial score (nSPS) is 10.5. The summed E-state index contributed by atoms with van der Waals surface area (Å²) in [6.07, 6.45) is 1.10. The third kappa shape index (κ3) is 4.31. The fourth-order valence-corrected chi connectivity index (χ4v) is 1.90. The fraction of sp³-hybridized carbons (Fsp3) is 0.267. The van der Waals surface area contributed by atoms with Crippen molar-refractivity contribution in [2.75, 3.05) is 17.7 Å². The van der Waals surface area contributed by atoms with Gasteiger partial charge in [-0.2, -0.15) is 0 Å². The van der Waals surface area contributed by atoms with Crippen LogP contribution in [0.3, 0.4) is 0 Å². The third-order valence-electron chi connectivity index (χ3n) is 3.11. The molecule has 0 spiro atoms. The van der Waals surface area contributed by atoms with Gasteiger partial charge in [-0.15, -0.1) is 0 Å². The second kappa shape index (κ2) is 7.43. The van der Waals surface area contributed by atoms with E-state index < -0.39 is 16.4 Å². The van der Waals surface area contributed by atoms with Crippen molar-refractivity contribution in [3.05, 3.63) is 50.6 Å². The number of anilines is 2. The summed E-state index contributed by atoms with van der Waals surface area (Å²) in [5.74, 6) is -0.649. The molecule has 2 rings (SSSR count). The molecule has 0 saturated heterocycles. The lowest BCUT2D eigenvalue weighted by Crippen LogP contribution is -2.22. The van der Waals surface area contributed by atoms with Crippen LogP contribution in [0.4, 0.5) is 17.2 Å². The van der Waals surface area contributed by atoms with Gasteiger partial charge in [0.2, 0.25) is 0 Å². The van der Waals surface area contributed by atoms with Crippen LogP contribution in [-0.4, -0.2) is 27.4 Å². The maximum atomic E-state index is 12.3. The number of hydrogen-bond donors (Lipinski definition) is 3. The van der Waals surface area contributed by atoms with Crippen molar-refractivity contribution in [1.82, 2.24) is 9.97 Å². The Morgan fingerprint density at radius 2 is 2.20 bits per heavy atom. The molecular formula is C15H17N5O5. The molecule has 1 aromatic carbocycles. The minimum atomic E-state index is -0.733. The molecule has 0 fully saturated rings. The molecule has 132 valence electrons. The van der Waals surface area contributed by atoms with E-state index in [4.69, 9.17) is 10.5 Å². The van der Waals surface area contributed by atoms with Crippen molar-refractivity contribution < 1.29 is 14.5 Å². The molecule has 10 nitrogen and oxygen atoms in total. The van der Waals surface area contributed by atoms with Crippen LogP contribution >= 0.6 is 0 Å². The largest absolute Gasteiger partial charge is 0.487 e. The number of hydrogen-bond acceptors (Lipinski definition) is 7. The second-order valence-electron chi connectivity index (χ2n) is 5.59. The predicted molar refractivity (Wildman–Crippen MR) is 90.7 cm³/mol. The van der Waals surface area contributed by atoms with Gasteiger partial charge in [-0.3, -0.25) is 19.7 Å². The molecule has 0 bridgehead atoms. The van der Waals surface area contributed by atoms with Gasteiger partial charge in [0.25, 0.3) is 11.5 Å². The Morgan fingerprint density at radius 3 is 2.80 bits per heavy atom. The molecule has 1 amide bonds. The average Bonchev–Trinajstić information content (AvgIpc) is 2.56. The van der Waals surface area contributed by atoms with Crippen LogP contribution in [0, 0.1) is 16.0 Å². The van der Waals surface area contributed by atoms with Gasteiger partial charge >= 0.3 is 5.69 Å². The number of benzene rings is 1. The van der Waals surface area contributed by atoms with Crippen molar-refractivity contribution in [3.8, 4) is 5.75 Å². The fourth-order valence-electron chi connectivity index (χ4n) is 1.90. The summed E-state index contributed by atoms with van der Waals surface area (Å²) in [6.45, 7) is 4.11. The number of amides is 1. The first-order valence-corrected chi connectivity index (χ1v) is 7.35. The summed E-state index contributed by atoms with van der Waals surface area (Å²) >= 11 is 0. The van der Waals surface area contributed by atoms with Gasteiger partial charge in [0.15, 0.2) is 11.6 Å². The van der Waals surface area contributed by atoms with Crippen molar-refractivity contribution in [2.24, 2.45) is 5.92 Å². The van der Waals surface area contributed by atoms with Gasteiger partial charge in [0.1, 0.15) is 5.69 Å². The van der Waals surface area contributed by atoms with Gasteiger partial charge < -0.3 is 20.8 Å². The summed E-state index contributed by atoms with van der Waals surface area (Å²) in [7, 11) is 0. The number of rotatable bonds is 6. The minimum Gasteiger partial charge on any atom is -0.487 e. The van der Waals surface area contributed by atoms with E-state index in [0.717, 1.165) is 12.4 Å². The van der Waals surface area contributed by atoms with Crippen LogP contribution in [0.15, 0.2) is 29.3 Å². The van der Waals surface area contributed by atoms with E-state index in [1.807, 2.05) is 13.8 Å². The predicted octanol–water partition coefficient (Wildman–Crippen LogP) is 1.55. The van der Waals surface area contributed by atoms with E-state index in [0.29, 0.717) is 6.61 Å². The zero-order valence-corrected chi connectivity index (χ0v) is 13.6. The second-order valence-corrected chi connectivity index (χ2v) is 5.59. The van der Waals surface area contributed by atoms with Crippen LogP contribution in [0.5, 0.6) is 5.75 Å². The van der Waals surface area contributed by atoms with E-state index in [-0.39, 0.29) is 34.4 Å². The van der Waals surface area contributed by atoms with Crippen LogP contribution in [-0.2, 0) is 0 Å². The number of nitrogens with one attached hydrogen (secondary N) is 2. The molecule has 0 aliphatic carbocycles. The molecule has 1 heterocycles. The van der Waals surface area contributed by atoms with E-state index in [1.165, 1.54) is 12.1 Å². The summed E-state index contributed by atoms with van der Waals surface area (Å²) in [5, 5.41) is 13.5. The number of H-pyrrole nitrogens is 1. The highest BCUT2D eigenvalue weighted by Crippen LogP contribution is 2.28. The topological polar surface area (TPSA) is 153 Å². The Hall–Kier alpha value is -3.43. The summed E-state index contributed by atoms with van der Waals surface area (Å²) in [5.41, 5.74) is 4.32. The van der Waals surface area contributed by atoms with Gasteiger partial charge in [0.05, 0.1) is 17.9 Å². The molecule has 25 heavy (non-hydrogen) atoms. The lowest BCUT2D eigenvalue weighted by molar-refractivity contribution is -0.385. The Morgan fingerprint density at radius 1 is 1.48 bits per heavy atom. The van der Waals surface area contributed by atoms with Crippen LogP contribution in [0.25, 0.3) is 0 Å². The Kier molecular flexibility index (Phi) is 5.32. The number of nitro groups is 1. The van der Waals surface area contributed by atoms with Gasteiger partial charge in [0, 0.05) is 11.6 Å². The molecule has 0 unspecified atom stereocenters. The molecule has 0 atom stereocenters. The summed E-state index contributed by atoms with van der Waals surface area (Å²) < 4.78 is 5.39. The number of nitrogen functional groups attached to an aromatic ring is 1. The zero-order valence-electron chi connectivity index (χ0n) is 13.6.